The summed E-state index contributed by atoms with van der Waals surface area (Å²) in [5, 5.41) is 15.7. The Labute approximate surface area is 181 Å². The van der Waals surface area contributed by atoms with Gasteiger partial charge in [0.2, 0.25) is 0 Å². The van der Waals surface area contributed by atoms with E-state index < -0.39 is 16.9 Å². The van der Waals surface area contributed by atoms with E-state index in [-0.39, 0.29) is 22.7 Å². The Morgan fingerprint density at radius 2 is 1.70 bits per heavy atom. The van der Waals surface area contributed by atoms with E-state index in [0.717, 1.165) is 15.6 Å². The average Bonchev–Trinajstić information content (AvgIpc) is 3.19. The normalized spacial score (nSPS) is 17.9. The molecule has 0 radical (unpaired) electrons. The van der Waals surface area contributed by atoms with Crippen molar-refractivity contribution in [2.45, 2.75) is 13.0 Å². The number of oxime groups is 1. The van der Waals surface area contributed by atoms with Crippen LogP contribution in [0.4, 0.5) is 5.69 Å². The quantitative estimate of drug-likeness (QED) is 0.277. The second-order valence-corrected chi connectivity index (χ2v) is 7.95. The van der Waals surface area contributed by atoms with Gasteiger partial charge in [-0.15, -0.1) is 0 Å². The molecular weight excluding hydrogens is 448 g/mol. The highest BCUT2D eigenvalue weighted by Gasteiger charge is 2.43. The molecule has 150 valence electrons. The Kier molecular flexibility index (Phi) is 5.46. The molecule has 3 aromatic carbocycles. The molecule has 30 heavy (non-hydrogen) atoms. The highest BCUT2D eigenvalue weighted by atomic mass is 79.9. The largest absolute Gasteiger partial charge is 0.386 e. The molecule has 0 saturated heterocycles. The van der Waals surface area contributed by atoms with Crippen LogP contribution >= 0.6 is 15.9 Å². The lowest BCUT2D eigenvalue weighted by molar-refractivity contribution is -0.385. The first-order valence-corrected chi connectivity index (χ1v) is 10.1. The molecule has 0 spiro atoms. The summed E-state index contributed by atoms with van der Waals surface area (Å²) in [5.74, 6) is -1.01. The van der Waals surface area contributed by atoms with Gasteiger partial charge in [-0.05, 0) is 30.7 Å². The molecule has 4 rings (SSSR count). The van der Waals surface area contributed by atoms with Crippen LogP contribution in [-0.2, 0) is 4.84 Å². The number of carbonyl (C=O) groups excluding carboxylic acids is 1. The van der Waals surface area contributed by atoms with Crippen LogP contribution in [0.25, 0.3) is 0 Å². The molecule has 3 aromatic rings. The Morgan fingerprint density at radius 1 is 1.03 bits per heavy atom. The monoisotopic (exact) mass is 464 g/mol. The number of para-hydroxylation sites is 1. The van der Waals surface area contributed by atoms with Crippen LogP contribution < -0.4 is 0 Å². The van der Waals surface area contributed by atoms with E-state index in [2.05, 4.69) is 21.1 Å². The number of nitro benzene ring substituents is 1. The van der Waals surface area contributed by atoms with Crippen LogP contribution in [0.1, 0.15) is 33.2 Å². The zero-order chi connectivity index (χ0) is 21.3. The van der Waals surface area contributed by atoms with Crippen LogP contribution in [0.5, 0.6) is 0 Å². The van der Waals surface area contributed by atoms with E-state index in [4.69, 9.17) is 4.84 Å². The number of carbonyl (C=O) groups is 1. The molecule has 1 heterocycles. The lowest BCUT2D eigenvalue weighted by Gasteiger charge is -2.19. The van der Waals surface area contributed by atoms with Crippen molar-refractivity contribution in [1.29, 1.82) is 0 Å². The highest BCUT2D eigenvalue weighted by molar-refractivity contribution is 9.10. The number of benzene rings is 3. The third-order valence-corrected chi connectivity index (χ3v) is 5.58. The van der Waals surface area contributed by atoms with E-state index in [1.165, 1.54) is 6.07 Å². The van der Waals surface area contributed by atoms with E-state index in [9.17, 15) is 14.9 Å². The van der Waals surface area contributed by atoms with Crippen molar-refractivity contribution in [2.75, 3.05) is 0 Å². The fraction of sp³-hybridized carbons (Fsp3) is 0.130. The third-order valence-electron chi connectivity index (χ3n) is 5.06. The summed E-state index contributed by atoms with van der Waals surface area (Å²) < 4.78 is 0.894. The first kappa shape index (κ1) is 20.0. The minimum atomic E-state index is -0.810. The number of halogens is 1. The predicted molar refractivity (Wildman–Crippen MR) is 117 cm³/mol. The fourth-order valence-corrected chi connectivity index (χ4v) is 3.77. The maximum atomic E-state index is 13.5. The topological polar surface area (TPSA) is 81.8 Å². The second-order valence-electron chi connectivity index (χ2n) is 7.04. The molecule has 0 aliphatic carbocycles. The van der Waals surface area contributed by atoms with Gasteiger partial charge < -0.3 is 4.84 Å². The third kappa shape index (κ3) is 3.76. The average molecular weight is 465 g/mol. The van der Waals surface area contributed by atoms with E-state index in [1.54, 1.807) is 30.3 Å². The van der Waals surface area contributed by atoms with Crippen molar-refractivity contribution in [1.82, 2.24) is 0 Å². The molecule has 0 aromatic heterocycles. The van der Waals surface area contributed by atoms with Crippen molar-refractivity contribution in [3.05, 3.63) is 110 Å². The first-order chi connectivity index (χ1) is 14.5. The summed E-state index contributed by atoms with van der Waals surface area (Å²) in [6.07, 6.45) is -0.679. The summed E-state index contributed by atoms with van der Waals surface area (Å²) in [5.41, 5.74) is 2.74. The summed E-state index contributed by atoms with van der Waals surface area (Å²) in [6, 6.07) is 20.9. The lowest BCUT2D eigenvalue weighted by atomic mass is 9.82. The van der Waals surface area contributed by atoms with Crippen molar-refractivity contribution in [2.24, 2.45) is 11.1 Å². The smallest absolute Gasteiger partial charge is 0.278 e. The van der Waals surface area contributed by atoms with E-state index in [0.29, 0.717) is 5.56 Å². The SMILES string of the molecule is Cc1ccc(C(=O)[C@@H]2C(c3ccccc3[N+](=O)[O-])=NO[C@H]2c2ccc(Br)cc2)cc1. The molecule has 1 aliphatic heterocycles. The van der Waals surface area contributed by atoms with Crippen LogP contribution in [0.2, 0.25) is 0 Å². The molecule has 6 nitrogen and oxygen atoms in total. The van der Waals surface area contributed by atoms with Crippen molar-refractivity contribution >= 4 is 33.1 Å². The van der Waals surface area contributed by atoms with Gasteiger partial charge in [0.15, 0.2) is 11.9 Å². The molecular formula is C23H17BrN2O4. The number of ketones is 1. The molecule has 7 heteroatoms. The van der Waals surface area contributed by atoms with Gasteiger partial charge in [-0.1, -0.05) is 75.2 Å². The summed E-state index contributed by atoms with van der Waals surface area (Å²) >= 11 is 3.40. The Hall–Kier alpha value is -3.32. The van der Waals surface area contributed by atoms with Gasteiger partial charge in [-0.2, -0.15) is 0 Å². The molecule has 2 atom stereocenters. The minimum Gasteiger partial charge on any atom is -0.386 e. The summed E-state index contributed by atoms with van der Waals surface area (Å²) in [4.78, 5) is 30.3. The zero-order valence-corrected chi connectivity index (χ0v) is 17.6. The van der Waals surface area contributed by atoms with Gasteiger partial charge in [0.1, 0.15) is 11.6 Å². The van der Waals surface area contributed by atoms with Crippen LogP contribution in [-0.4, -0.2) is 16.4 Å². The molecule has 0 unspecified atom stereocenters. The van der Waals surface area contributed by atoms with Crippen LogP contribution in [0.15, 0.2) is 82.4 Å². The molecule has 0 amide bonds. The summed E-state index contributed by atoms with van der Waals surface area (Å²) in [6.45, 7) is 1.94. The Bertz CT molecular complexity index is 1140. The number of rotatable bonds is 5. The van der Waals surface area contributed by atoms with Gasteiger partial charge >= 0.3 is 0 Å². The Morgan fingerprint density at radius 3 is 2.37 bits per heavy atom. The maximum absolute atomic E-state index is 13.5. The van der Waals surface area contributed by atoms with Gasteiger partial charge in [-0.3, -0.25) is 14.9 Å². The number of Topliss-reactive ketones (excluding diaryl/α,β-unsaturated/α-hetero) is 1. The van der Waals surface area contributed by atoms with Gasteiger partial charge in [-0.25, -0.2) is 0 Å². The van der Waals surface area contributed by atoms with Crippen molar-refractivity contribution in [3.63, 3.8) is 0 Å². The maximum Gasteiger partial charge on any atom is 0.278 e. The molecule has 0 saturated carbocycles. The number of hydrogen-bond acceptors (Lipinski definition) is 5. The van der Waals surface area contributed by atoms with Gasteiger partial charge in [0, 0.05) is 16.1 Å². The first-order valence-electron chi connectivity index (χ1n) is 9.29. The number of nitrogens with zero attached hydrogens (tertiary/aromatic N) is 2. The van der Waals surface area contributed by atoms with Gasteiger partial charge in [0.05, 0.1) is 10.5 Å². The minimum absolute atomic E-state index is 0.113. The van der Waals surface area contributed by atoms with Crippen LogP contribution in [0, 0.1) is 23.0 Å². The van der Waals surface area contributed by atoms with Crippen LogP contribution in [0.3, 0.4) is 0 Å². The van der Waals surface area contributed by atoms with E-state index in [1.807, 2.05) is 43.3 Å². The zero-order valence-electron chi connectivity index (χ0n) is 16.0. The standard InChI is InChI=1S/C23H17BrN2O4/c1-14-6-8-15(9-7-14)22(27)20-21(18-4-2-3-5-19(18)26(28)29)25-30-23(20)16-10-12-17(24)13-11-16/h2-13,20,23H,1H3/t20-,23-/m0/s1. The molecule has 0 bridgehead atoms. The number of hydrogen-bond donors (Lipinski definition) is 0. The predicted octanol–water partition coefficient (Wildman–Crippen LogP) is 5.64. The lowest BCUT2D eigenvalue weighted by Crippen LogP contribution is -2.28. The van der Waals surface area contributed by atoms with Gasteiger partial charge in [0.25, 0.3) is 5.69 Å². The van der Waals surface area contributed by atoms with Crippen molar-refractivity contribution in [3.8, 4) is 0 Å². The van der Waals surface area contributed by atoms with E-state index >= 15 is 0 Å². The summed E-state index contributed by atoms with van der Waals surface area (Å²) in [7, 11) is 0. The van der Waals surface area contributed by atoms with Crippen molar-refractivity contribution < 1.29 is 14.6 Å². The fourth-order valence-electron chi connectivity index (χ4n) is 3.51. The highest BCUT2D eigenvalue weighted by Crippen LogP contribution is 2.39. The number of nitro groups is 1. The molecule has 1 aliphatic rings. The Balaban J connectivity index is 1.81. The second kappa shape index (κ2) is 8.20. The molecule has 0 fully saturated rings. The number of aryl methyl sites for hydroxylation is 1. The molecule has 0 N–H and O–H groups in total.